The smallest absolute Gasteiger partial charge is 0.406 e. The van der Waals surface area contributed by atoms with Gasteiger partial charge in [-0.25, -0.2) is 4.79 Å². The van der Waals surface area contributed by atoms with Crippen molar-refractivity contribution in [2.45, 2.75) is 6.92 Å². The van der Waals surface area contributed by atoms with Crippen LogP contribution in [0.2, 0.25) is 0 Å². The van der Waals surface area contributed by atoms with Crippen LogP contribution in [0.1, 0.15) is 6.92 Å². The largest absolute Gasteiger partial charge is 0.439 e. The van der Waals surface area contributed by atoms with Gasteiger partial charge in [-0.3, -0.25) is 10.1 Å². The quantitative estimate of drug-likeness (QED) is 0.465. The molecule has 0 aromatic heterocycles. The molecule has 0 radical (unpaired) electrons. The summed E-state index contributed by atoms with van der Waals surface area (Å²) in [5.41, 5.74) is 0.391. The summed E-state index contributed by atoms with van der Waals surface area (Å²) < 4.78 is 4.69. The molecule has 1 unspecified atom stereocenters. The SMILES string of the molecule is CC1C=C([N+](=O)[O-])C=C2OC(=O)N=C21. The maximum Gasteiger partial charge on any atom is 0.439 e. The molecule has 2 aliphatic rings. The van der Waals surface area contributed by atoms with Gasteiger partial charge in [0.15, 0.2) is 5.76 Å². The standard InChI is InChI=1S/C8H6N2O4/c1-4-2-5(10(12)13)3-6-7(4)9-8(11)14-6/h2-4H,1H3. The number of hydrogen-bond donors (Lipinski definition) is 0. The van der Waals surface area contributed by atoms with E-state index in [-0.39, 0.29) is 17.4 Å². The molecule has 1 aliphatic heterocycles. The Morgan fingerprint density at radius 2 is 2.36 bits per heavy atom. The normalized spacial score (nSPS) is 24.5. The van der Waals surface area contributed by atoms with Crippen molar-refractivity contribution in [3.8, 4) is 0 Å². The Kier molecular flexibility index (Phi) is 1.70. The lowest BCUT2D eigenvalue weighted by Crippen LogP contribution is -2.16. The molecule has 1 heterocycles. The van der Waals surface area contributed by atoms with Gasteiger partial charge in [0, 0.05) is 12.0 Å². The molecule has 0 saturated heterocycles. The number of nitrogens with zero attached hydrogens (tertiary/aromatic N) is 2. The summed E-state index contributed by atoms with van der Waals surface area (Å²) in [5, 5.41) is 10.5. The second kappa shape index (κ2) is 2.76. The minimum atomic E-state index is -0.712. The highest BCUT2D eigenvalue weighted by molar-refractivity contribution is 6.11. The first-order valence-electron chi connectivity index (χ1n) is 3.96. The second-order valence-corrected chi connectivity index (χ2v) is 3.01. The highest BCUT2D eigenvalue weighted by Crippen LogP contribution is 2.26. The molecule has 1 atom stereocenters. The van der Waals surface area contributed by atoms with Crippen LogP contribution in [-0.4, -0.2) is 16.7 Å². The number of carbonyl (C=O) groups is 1. The van der Waals surface area contributed by atoms with Crippen LogP contribution in [0.4, 0.5) is 4.79 Å². The van der Waals surface area contributed by atoms with Crippen molar-refractivity contribution in [3.05, 3.63) is 33.7 Å². The van der Waals surface area contributed by atoms with Gasteiger partial charge in [0.05, 0.1) is 16.7 Å². The highest BCUT2D eigenvalue weighted by atomic mass is 16.6. The summed E-state index contributed by atoms with van der Waals surface area (Å²) in [6, 6.07) is 0. The topological polar surface area (TPSA) is 81.8 Å². The van der Waals surface area contributed by atoms with Crippen molar-refractivity contribution in [1.82, 2.24) is 0 Å². The third kappa shape index (κ3) is 1.20. The van der Waals surface area contributed by atoms with Gasteiger partial charge in [-0.15, -0.1) is 0 Å². The average Bonchev–Trinajstić information content (AvgIpc) is 2.45. The molecule has 72 valence electrons. The Hall–Kier alpha value is -1.98. The molecular formula is C8H6N2O4. The number of hydrogen-bond acceptors (Lipinski definition) is 4. The monoisotopic (exact) mass is 194 g/mol. The first kappa shape index (κ1) is 8.61. The van der Waals surface area contributed by atoms with Crippen molar-refractivity contribution >= 4 is 11.8 Å². The Morgan fingerprint density at radius 3 is 3.00 bits per heavy atom. The molecule has 0 fully saturated rings. The molecule has 0 aromatic carbocycles. The van der Waals surface area contributed by atoms with Crippen molar-refractivity contribution in [2.24, 2.45) is 10.9 Å². The number of fused-ring (bicyclic) bond motifs is 1. The predicted octanol–water partition coefficient (Wildman–Crippen LogP) is 1.27. The summed E-state index contributed by atoms with van der Waals surface area (Å²) >= 11 is 0. The van der Waals surface area contributed by atoms with Gasteiger partial charge < -0.3 is 4.74 Å². The maximum atomic E-state index is 10.8. The first-order chi connectivity index (χ1) is 6.58. The number of amides is 1. The molecule has 0 aromatic rings. The minimum Gasteiger partial charge on any atom is -0.406 e. The van der Waals surface area contributed by atoms with E-state index in [1.54, 1.807) is 6.92 Å². The van der Waals surface area contributed by atoms with Crippen LogP contribution in [-0.2, 0) is 4.74 Å². The Morgan fingerprint density at radius 1 is 1.64 bits per heavy atom. The van der Waals surface area contributed by atoms with Crippen LogP contribution in [0.5, 0.6) is 0 Å². The summed E-state index contributed by atoms with van der Waals surface area (Å²) in [4.78, 5) is 24.4. The lowest BCUT2D eigenvalue weighted by molar-refractivity contribution is -0.419. The van der Waals surface area contributed by atoms with Gasteiger partial charge >= 0.3 is 6.09 Å². The average molecular weight is 194 g/mol. The summed E-state index contributed by atoms with van der Waals surface area (Å²) in [7, 11) is 0. The number of rotatable bonds is 1. The van der Waals surface area contributed by atoms with Gasteiger partial charge in [0.2, 0.25) is 0 Å². The number of nitro groups is 1. The molecule has 1 aliphatic carbocycles. The zero-order valence-corrected chi connectivity index (χ0v) is 7.26. The van der Waals surface area contributed by atoms with Crippen LogP contribution in [0, 0.1) is 16.0 Å². The molecule has 6 nitrogen and oxygen atoms in total. The fraction of sp³-hybridized carbons (Fsp3) is 0.250. The minimum absolute atomic E-state index is 0.0684. The van der Waals surface area contributed by atoms with Crippen molar-refractivity contribution in [1.29, 1.82) is 0 Å². The zero-order chi connectivity index (χ0) is 10.3. The summed E-state index contributed by atoms with van der Waals surface area (Å²) in [6.45, 7) is 1.72. The fourth-order valence-corrected chi connectivity index (χ4v) is 1.38. The van der Waals surface area contributed by atoms with E-state index in [1.807, 2.05) is 0 Å². The Balaban J connectivity index is 2.42. The van der Waals surface area contributed by atoms with Crippen molar-refractivity contribution in [3.63, 3.8) is 0 Å². The van der Waals surface area contributed by atoms with E-state index in [4.69, 9.17) is 0 Å². The second-order valence-electron chi connectivity index (χ2n) is 3.01. The van der Waals surface area contributed by atoms with Crippen molar-refractivity contribution < 1.29 is 14.5 Å². The molecule has 14 heavy (non-hydrogen) atoms. The van der Waals surface area contributed by atoms with Crippen molar-refractivity contribution in [2.75, 3.05) is 0 Å². The lowest BCUT2D eigenvalue weighted by atomic mass is 9.98. The summed E-state index contributed by atoms with van der Waals surface area (Å²) in [6.07, 6.45) is 1.93. The Bertz CT molecular complexity index is 419. The van der Waals surface area contributed by atoms with E-state index in [9.17, 15) is 14.9 Å². The van der Waals surface area contributed by atoms with E-state index in [0.717, 1.165) is 0 Å². The predicted molar refractivity (Wildman–Crippen MR) is 46.2 cm³/mol. The molecule has 1 amide bonds. The number of aliphatic imine (C=N–C) groups is 1. The van der Waals surface area contributed by atoms with E-state index >= 15 is 0 Å². The molecular weight excluding hydrogens is 188 g/mol. The third-order valence-electron chi connectivity index (χ3n) is 2.00. The molecule has 0 spiro atoms. The number of carbonyl (C=O) groups excluding carboxylic acids is 1. The summed E-state index contributed by atoms with van der Waals surface area (Å²) in [5.74, 6) is -0.0708. The zero-order valence-electron chi connectivity index (χ0n) is 7.26. The van der Waals surface area contributed by atoms with Gasteiger partial charge in [-0.1, -0.05) is 6.92 Å². The van der Waals surface area contributed by atoms with E-state index in [1.165, 1.54) is 12.2 Å². The van der Waals surface area contributed by atoms with Crippen LogP contribution < -0.4 is 0 Å². The van der Waals surface area contributed by atoms with Crippen LogP contribution in [0.25, 0.3) is 0 Å². The molecule has 0 bridgehead atoms. The molecule has 2 rings (SSSR count). The maximum absolute atomic E-state index is 10.8. The molecule has 0 N–H and O–H groups in total. The van der Waals surface area contributed by atoms with Gasteiger partial charge in [0.1, 0.15) is 0 Å². The van der Waals surface area contributed by atoms with E-state index in [0.29, 0.717) is 5.71 Å². The highest BCUT2D eigenvalue weighted by Gasteiger charge is 2.32. The molecule has 0 saturated carbocycles. The molecule has 6 heteroatoms. The van der Waals surface area contributed by atoms with Crippen LogP contribution in [0.15, 0.2) is 28.6 Å². The fourth-order valence-electron chi connectivity index (χ4n) is 1.38. The van der Waals surface area contributed by atoms with Crippen LogP contribution >= 0.6 is 0 Å². The van der Waals surface area contributed by atoms with Gasteiger partial charge in [-0.05, 0) is 0 Å². The Labute approximate surface area is 78.7 Å². The van der Waals surface area contributed by atoms with Gasteiger partial charge in [-0.2, -0.15) is 4.99 Å². The van der Waals surface area contributed by atoms with E-state index in [2.05, 4.69) is 9.73 Å². The van der Waals surface area contributed by atoms with E-state index < -0.39 is 11.0 Å². The lowest BCUT2D eigenvalue weighted by Gasteiger charge is -2.10. The van der Waals surface area contributed by atoms with Gasteiger partial charge in [0.25, 0.3) is 5.70 Å². The number of allylic oxidation sites excluding steroid dienone is 3. The first-order valence-corrected chi connectivity index (χ1v) is 3.96. The third-order valence-corrected chi connectivity index (χ3v) is 2.00. The van der Waals surface area contributed by atoms with Crippen LogP contribution in [0.3, 0.4) is 0 Å². The number of ether oxygens (including phenoxy) is 1.